The molecule has 0 N–H and O–H groups in total. The molecule has 0 aromatic rings. The third-order valence-electron chi connectivity index (χ3n) is 0.145. The van der Waals surface area contributed by atoms with E-state index >= 15 is 0 Å². The van der Waals surface area contributed by atoms with Gasteiger partial charge in [-0.15, -0.1) is 0 Å². The number of halogens is 2. The Morgan fingerprint density at radius 1 is 1.80 bits per heavy atom. The van der Waals surface area contributed by atoms with Crippen molar-refractivity contribution in [3.63, 3.8) is 0 Å². The largest absolute Gasteiger partial charge is 0.243 e. The van der Waals surface area contributed by atoms with E-state index in [9.17, 15) is 8.78 Å². The second-order valence-electron chi connectivity index (χ2n) is 0.651. The fourth-order valence-electron chi connectivity index (χ4n) is 0. The third-order valence-corrected chi connectivity index (χ3v) is 0.145. The predicted octanol–water partition coefficient (Wildman–Crippen LogP) is 1.44. The second kappa shape index (κ2) is 1.88. The van der Waals surface area contributed by atoms with Crippen molar-refractivity contribution in [2.75, 3.05) is 6.67 Å². The molecule has 0 unspecified atom stereocenters. The summed E-state index contributed by atoms with van der Waals surface area (Å²) >= 11 is 0. The van der Waals surface area contributed by atoms with E-state index in [0.29, 0.717) is 0 Å². The molecule has 0 aromatic carbocycles. The third kappa shape index (κ3) is 3.60. The van der Waals surface area contributed by atoms with Crippen molar-refractivity contribution in [3.8, 4) is 0 Å². The summed E-state index contributed by atoms with van der Waals surface area (Å²) in [5, 5.41) is 0. The van der Waals surface area contributed by atoms with E-state index in [1.54, 1.807) is 0 Å². The van der Waals surface area contributed by atoms with Gasteiger partial charge < -0.3 is 0 Å². The van der Waals surface area contributed by atoms with Gasteiger partial charge in [0.15, 0.2) is 0 Å². The van der Waals surface area contributed by atoms with Gasteiger partial charge in [-0.05, 0) is 0 Å². The molecule has 0 aromatic heterocycles. The van der Waals surface area contributed by atoms with E-state index in [4.69, 9.17) is 0 Å². The second-order valence-corrected chi connectivity index (χ2v) is 0.651. The van der Waals surface area contributed by atoms with Gasteiger partial charge in [-0.3, -0.25) is 0 Å². The van der Waals surface area contributed by atoms with Crippen LogP contribution in [0.25, 0.3) is 0 Å². The van der Waals surface area contributed by atoms with Crippen LogP contribution in [0.4, 0.5) is 8.78 Å². The van der Waals surface area contributed by atoms with Crippen LogP contribution in [0, 0.1) is 0 Å². The first kappa shape index (κ1) is 4.60. The van der Waals surface area contributed by atoms with Crippen LogP contribution in [0.1, 0.15) is 0 Å². The zero-order valence-electron chi connectivity index (χ0n) is 2.67. The maximum atomic E-state index is 10.9. The smallest absolute Gasteiger partial charge is 0.140 e. The SMILES string of the molecule is C=C(F)CF. The zero-order valence-corrected chi connectivity index (χ0v) is 2.67. The predicted molar refractivity (Wildman–Crippen MR) is 16.2 cm³/mol. The summed E-state index contributed by atoms with van der Waals surface area (Å²) in [7, 11) is 0. The number of rotatable bonds is 1. The number of hydrogen-bond donors (Lipinski definition) is 0. The van der Waals surface area contributed by atoms with Gasteiger partial charge in [-0.25, -0.2) is 8.78 Å². The van der Waals surface area contributed by atoms with Gasteiger partial charge in [0, 0.05) is 0 Å². The highest BCUT2D eigenvalue weighted by Gasteiger charge is 1.78. The molecular formula is C3H4F2. The van der Waals surface area contributed by atoms with Crippen LogP contribution in [-0.4, -0.2) is 6.67 Å². The normalized spacial score (nSPS) is 7.60. The maximum absolute atomic E-state index is 10.9. The minimum atomic E-state index is -1.06. The van der Waals surface area contributed by atoms with Crippen molar-refractivity contribution in [3.05, 3.63) is 12.4 Å². The highest BCUT2D eigenvalue weighted by atomic mass is 19.2. The molecule has 5 heavy (non-hydrogen) atoms. The van der Waals surface area contributed by atoms with Gasteiger partial charge in [-0.1, -0.05) is 6.58 Å². The van der Waals surface area contributed by atoms with Crippen molar-refractivity contribution in [2.45, 2.75) is 0 Å². The molecule has 0 amide bonds. The Morgan fingerprint density at radius 3 is 2.00 bits per heavy atom. The minimum absolute atomic E-state index is 0.912. The molecule has 0 rings (SSSR count). The highest BCUT2D eigenvalue weighted by Crippen LogP contribution is 1.87. The van der Waals surface area contributed by atoms with Gasteiger partial charge >= 0.3 is 0 Å². The Kier molecular flexibility index (Phi) is 1.73. The first-order valence-corrected chi connectivity index (χ1v) is 1.16. The number of hydrogen-bond acceptors (Lipinski definition) is 0. The standard InChI is InChI=1S/C3H4F2/c1-3(5)2-4/h1-2H2. The molecule has 0 radical (unpaired) electrons. The molecule has 30 valence electrons. The van der Waals surface area contributed by atoms with Crippen molar-refractivity contribution >= 4 is 0 Å². The highest BCUT2D eigenvalue weighted by molar-refractivity contribution is 4.76. The molecule has 0 aliphatic heterocycles. The van der Waals surface area contributed by atoms with Crippen LogP contribution in [0.2, 0.25) is 0 Å². The van der Waals surface area contributed by atoms with E-state index in [0.717, 1.165) is 0 Å². The summed E-state index contributed by atoms with van der Waals surface area (Å²) in [6.07, 6.45) is 0. The molecule has 0 aliphatic rings. The summed E-state index contributed by atoms with van der Waals surface area (Å²) < 4.78 is 21.5. The van der Waals surface area contributed by atoms with E-state index in [1.165, 1.54) is 0 Å². The lowest BCUT2D eigenvalue weighted by molar-refractivity contribution is 0.462. The molecule has 0 saturated heterocycles. The van der Waals surface area contributed by atoms with Crippen LogP contribution in [0.5, 0.6) is 0 Å². The molecule has 0 atom stereocenters. The summed E-state index contributed by atoms with van der Waals surface area (Å²) in [6, 6.07) is 0. The fourth-order valence-corrected chi connectivity index (χ4v) is 0. The van der Waals surface area contributed by atoms with Crippen molar-refractivity contribution < 1.29 is 8.78 Å². The molecule has 0 spiro atoms. The summed E-state index contributed by atoms with van der Waals surface area (Å²) in [6.45, 7) is 1.58. The Bertz CT molecular complexity index is 40.2. The Morgan fingerprint density at radius 2 is 2.00 bits per heavy atom. The quantitative estimate of drug-likeness (QED) is 0.445. The van der Waals surface area contributed by atoms with E-state index in [2.05, 4.69) is 6.58 Å². The van der Waals surface area contributed by atoms with Gasteiger partial charge in [0.2, 0.25) is 0 Å². The fraction of sp³-hybridized carbons (Fsp3) is 0.333. The van der Waals surface area contributed by atoms with Crippen LogP contribution in [0.15, 0.2) is 12.4 Å². The van der Waals surface area contributed by atoms with Crippen molar-refractivity contribution in [1.82, 2.24) is 0 Å². The molecule has 0 heterocycles. The van der Waals surface area contributed by atoms with Crippen molar-refractivity contribution in [1.29, 1.82) is 0 Å². The van der Waals surface area contributed by atoms with E-state index in [-0.39, 0.29) is 0 Å². The van der Waals surface area contributed by atoms with Crippen molar-refractivity contribution in [2.24, 2.45) is 0 Å². The van der Waals surface area contributed by atoms with E-state index in [1.807, 2.05) is 0 Å². The van der Waals surface area contributed by atoms with Crippen LogP contribution >= 0.6 is 0 Å². The molecular weight excluding hydrogens is 74.0 g/mol. The average molecular weight is 78.1 g/mol. The maximum Gasteiger partial charge on any atom is 0.140 e. The first-order valence-electron chi connectivity index (χ1n) is 1.16. The van der Waals surface area contributed by atoms with Crippen LogP contribution in [-0.2, 0) is 0 Å². The first-order chi connectivity index (χ1) is 2.27. The van der Waals surface area contributed by atoms with Gasteiger partial charge in [0.1, 0.15) is 12.5 Å². The lowest BCUT2D eigenvalue weighted by atomic mass is 10.7. The zero-order chi connectivity index (χ0) is 4.28. The average Bonchev–Trinajstić information content (AvgIpc) is 1.38. The summed E-state index contributed by atoms with van der Waals surface area (Å²) in [5.74, 6) is -0.912. The van der Waals surface area contributed by atoms with Gasteiger partial charge in [0.05, 0.1) is 0 Å². The Labute approximate surface area is 29.1 Å². The van der Waals surface area contributed by atoms with Crippen LogP contribution in [0.3, 0.4) is 0 Å². The number of alkyl halides is 1. The van der Waals surface area contributed by atoms with Crippen LogP contribution < -0.4 is 0 Å². The molecule has 0 bridgehead atoms. The Balaban J connectivity index is 2.85. The molecule has 0 fully saturated rings. The summed E-state index contributed by atoms with van der Waals surface area (Å²) in [4.78, 5) is 0. The topological polar surface area (TPSA) is 0 Å². The minimum Gasteiger partial charge on any atom is -0.243 e. The lowest BCUT2D eigenvalue weighted by Gasteiger charge is -1.71. The Hall–Kier alpha value is -0.400. The lowest BCUT2D eigenvalue weighted by Crippen LogP contribution is -1.65. The number of allylic oxidation sites excluding steroid dienone is 1. The molecule has 2 heteroatoms. The molecule has 0 aliphatic carbocycles. The van der Waals surface area contributed by atoms with Gasteiger partial charge in [-0.2, -0.15) is 0 Å². The molecule has 0 saturated carbocycles. The monoisotopic (exact) mass is 78.0 g/mol. The summed E-state index contributed by atoms with van der Waals surface area (Å²) in [5.41, 5.74) is 0. The van der Waals surface area contributed by atoms with E-state index < -0.39 is 12.5 Å². The molecule has 0 nitrogen and oxygen atoms in total. The van der Waals surface area contributed by atoms with Gasteiger partial charge in [0.25, 0.3) is 0 Å².